The van der Waals surface area contributed by atoms with E-state index in [1.807, 2.05) is 0 Å². The summed E-state index contributed by atoms with van der Waals surface area (Å²) in [5.74, 6) is -0.438. The van der Waals surface area contributed by atoms with Gasteiger partial charge in [0.1, 0.15) is 5.82 Å². The Hall–Kier alpha value is -1.02. The monoisotopic (exact) mass is 355 g/mol. The van der Waals surface area contributed by atoms with Crippen molar-refractivity contribution in [2.75, 3.05) is 43.4 Å². The van der Waals surface area contributed by atoms with Crippen LogP contribution < -0.4 is 10.6 Å². The molecule has 0 saturated carbocycles. The summed E-state index contributed by atoms with van der Waals surface area (Å²) in [4.78, 5) is 3.14. The van der Waals surface area contributed by atoms with Crippen LogP contribution in [-0.4, -0.2) is 43.8 Å². The van der Waals surface area contributed by atoms with Crippen LogP contribution in [0.1, 0.15) is 0 Å². The highest BCUT2D eigenvalue weighted by Crippen LogP contribution is 2.30. The molecule has 0 amide bonds. The van der Waals surface area contributed by atoms with E-state index in [1.54, 1.807) is 4.90 Å². The van der Waals surface area contributed by atoms with Crippen LogP contribution in [0.2, 0.25) is 0 Å². The molecule has 1 aromatic carbocycles. The van der Waals surface area contributed by atoms with Gasteiger partial charge in [-0.1, -0.05) is 0 Å². The van der Waals surface area contributed by atoms with Crippen molar-refractivity contribution in [1.29, 1.82) is 0 Å². The van der Waals surface area contributed by atoms with E-state index in [4.69, 9.17) is 5.73 Å². The van der Waals surface area contributed by atoms with Crippen LogP contribution in [0.15, 0.2) is 16.6 Å². The number of halogens is 5. The summed E-state index contributed by atoms with van der Waals surface area (Å²) in [7, 11) is 0. The Morgan fingerprint density at radius 2 is 1.75 bits per heavy atom. The van der Waals surface area contributed by atoms with Crippen LogP contribution in [0.4, 0.5) is 28.9 Å². The summed E-state index contributed by atoms with van der Waals surface area (Å²) >= 11 is 3.04. The SMILES string of the molecule is Nc1cc(Br)c(F)cc1N1CCN(CC(F)(F)F)CC1. The van der Waals surface area contributed by atoms with Crippen molar-refractivity contribution in [3.63, 3.8) is 0 Å². The van der Waals surface area contributed by atoms with E-state index >= 15 is 0 Å². The molecule has 3 nitrogen and oxygen atoms in total. The van der Waals surface area contributed by atoms with E-state index in [1.165, 1.54) is 17.0 Å². The van der Waals surface area contributed by atoms with Crippen LogP contribution in [0.3, 0.4) is 0 Å². The number of nitrogen functional groups attached to an aromatic ring is 1. The van der Waals surface area contributed by atoms with Gasteiger partial charge in [0, 0.05) is 32.2 Å². The number of rotatable bonds is 2. The van der Waals surface area contributed by atoms with Crippen molar-refractivity contribution in [2.24, 2.45) is 0 Å². The van der Waals surface area contributed by atoms with Crippen molar-refractivity contribution in [3.8, 4) is 0 Å². The zero-order chi connectivity index (χ0) is 14.9. The van der Waals surface area contributed by atoms with E-state index in [9.17, 15) is 17.6 Å². The number of nitrogens with two attached hydrogens (primary N) is 1. The summed E-state index contributed by atoms with van der Waals surface area (Å²) in [5.41, 5.74) is 6.76. The molecule has 0 spiro atoms. The normalized spacial score (nSPS) is 17.6. The van der Waals surface area contributed by atoms with Crippen LogP contribution in [-0.2, 0) is 0 Å². The van der Waals surface area contributed by atoms with Crippen LogP contribution >= 0.6 is 15.9 Å². The number of benzene rings is 1. The maximum absolute atomic E-state index is 13.5. The smallest absolute Gasteiger partial charge is 0.397 e. The molecule has 112 valence electrons. The second-order valence-electron chi connectivity index (χ2n) is 4.70. The summed E-state index contributed by atoms with van der Waals surface area (Å²) in [6.07, 6.45) is -4.19. The Morgan fingerprint density at radius 1 is 1.15 bits per heavy atom. The molecule has 0 aliphatic carbocycles. The quantitative estimate of drug-likeness (QED) is 0.654. The van der Waals surface area contributed by atoms with Crippen molar-refractivity contribution >= 4 is 27.3 Å². The topological polar surface area (TPSA) is 32.5 Å². The molecule has 1 fully saturated rings. The Kier molecular flexibility index (Phi) is 4.43. The molecule has 2 rings (SSSR count). The minimum Gasteiger partial charge on any atom is -0.397 e. The molecule has 0 aromatic heterocycles. The lowest BCUT2D eigenvalue weighted by Crippen LogP contribution is -2.49. The molecule has 2 N–H and O–H groups in total. The fraction of sp³-hybridized carbons (Fsp3) is 0.500. The molecule has 1 aromatic rings. The second-order valence-corrected chi connectivity index (χ2v) is 5.56. The maximum atomic E-state index is 13.5. The first-order valence-electron chi connectivity index (χ1n) is 6.05. The molecular formula is C12H14BrF4N3. The highest BCUT2D eigenvalue weighted by molar-refractivity contribution is 9.10. The Balaban J connectivity index is 2.02. The zero-order valence-electron chi connectivity index (χ0n) is 10.6. The van der Waals surface area contributed by atoms with E-state index in [-0.39, 0.29) is 17.6 Å². The molecule has 0 radical (unpaired) electrons. The van der Waals surface area contributed by atoms with Gasteiger partial charge in [-0.3, -0.25) is 4.90 Å². The van der Waals surface area contributed by atoms with Gasteiger partial charge in [0.2, 0.25) is 0 Å². The van der Waals surface area contributed by atoms with Crippen molar-refractivity contribution < 1.29 is 17.6 Å². The van der Waals surface area contributed by atoms with Crippen LogP contribution in [0.5, 0.6) is 0 Å². The highest BCUT2D eigenvalue weighted by atomic mass is 79.9. The average molecular weight is 356 g/mol. The predicted octanol–water partition coefficient (Wildman–Crippen LogP) is 2.85. The molecule has 0 atom stereocenters. The number of hydrogen-bond donors (Lipinski definition) is 1. The predicted molar refractivity (Wildman–Crippen MR) is 73.2 cm³/mol. The van der Waals surface area contributed by atoms with Crippen molar-refractivity contribution in [2.45, 2.75) is 6.18 Å². The lowest BCUT2D eigenvalue weighted by atomic mass is 10.2. The van der Waals surface area contributed by atoms with E-state index in [2.05, 4.69) is 15.9 Å². The summed E-state index contributed by atoms with van der Waals surface area (Å²) in [6, 6.07) is 2.77. The fourth-order valence-electron chi connectivity index (χ4n) is 2.23. The largest absolute Gasteiger partial charge is 0.401 e. The first-order valence-corrected chi connectivity index (χ1v) is 6.84. The third-order valence-corrected chi connectivity index (χ3v) is 3.79. The van der Waals surface area contributed by atoms with Gasteiger partial charge in [0.25, 0.3) is 0 Å². The van der Waals surface area contributed by atoms with Gasteiger partial charge in [-0.2, -0.15) is 13.2 Å². The molecule has 20 heavy (non-hydrogen) atoms. The Bertz CT molecular complexity index is 484. The standard InChI is InChI=1S/C12H14BrF4N3/c13-8-5-10(18)11(6-9(8)14)20-3-1-19(2-4-20)7-12(15,16)17/h5-6H,1-4,7,18H2. The number of hydrogen-bond acceptors (Lipinski definition) is 3. The molecule has 0 bridgehead atoms. The van der Waals surface area contributed by atoms with Gasteiger partial charge in [0.15, 0.2) is 0 Å². The number of alkyl halides is 3. The lowest BCUT2D eigenvalue weighted by Gasteiger charge is -2.36. The Morgan fingerprint density at radius 3 is 2.30 bits per heavy atom. The molecule has 1 aliphatic rings. The van der Waals surface area contributed by atoms with E-state index in [0.717, 1.165) is 0 Å². The molecule has 1 saturated heterocycles. The fourth-order valence-corrected chi connectivity index (χ4v) is 2.59. The minimum absolute atomic E-state index is 0.273. The van der Waals surface area contributed by atoms with Gasteiger partial charge in [0.05, 0.1) is 22.4 Å². The molecule has 0 unspecified atom stereocenters. The van der Waals surface area contributed by atoms with Gasteiger partial charge >= 0.3 is 6.18 Å². The molecule has 1 aliphatic heterocycles. The molecule has 8 heteroatoms. The molecule has 1 heterocycles. The third-order valence-electron chi connectivity index (χ3n) is 3.19. The number of piperazine rings is 1. The zero-order valence-corrected chi connectivity index (χ0v) is 12.1. The third kappa shape index (κ3) is 3.76. The van der Waals surface area contributed by atoms with E-state index in [0.29, 0.717) is 24.5 Å². The average Bonchev–Trinajstić information content (AvgIpc) is 2.33. The van der Waals surface area contributed by atoms with E-state index < -0.39 is 18.5 Å². The van der Waals surface area contributed by atoms with Gasteiger partial charge in [-0.25, -0.2) is 4.39 Å². The number of anilines is 2. The Labute approximate surface area is 122 Å². The van der Waals surface area contributed by atoms with Gasteiger partial charge in [-0.15, -0.1) is 0 Å². The second kappa shape index (κ2) is 5.77. The lowest BCUT2D eigenvalue weighted by molar-refractivity contribution is -0.146. The van der Waals surface area contributed by atoms with Crippen molar-refractivity contribution in [3.05, 3.63) is 22.4 Å². The summed E-state index contributed by atoms with van der Waals surface area (Å²) < 4.78 is 50.7. The molecular weight excluding hydrogens is 342 g/mol. The van der Waals surface area contributed by atoms with Crippen LogP contribution in [0.25, 0.3) is 0 Å². The van der Waals surface area contributed by atoms with Gasteiger partial charge < -0.3 is 10.6 Å². The summed E-state index contributed by atoms with van der Waals surface area (Å²) in [6.45, 7) is 0.418. The van der Waals surface area contributed by atoms with Gasteiger partial charge in [-0.05, 0) is 22.0 Å². The number of nitrogens with zero attached hydrogens (tertiary/aromatic N) is 2. The maximum Gasteiger partial charge on any atom is 0.401 e. The first-order chi connectivity index (χ1) is 9.26. The highest BCUT2D eigenvalue weighted by Gasteiger charge is 2.32. The minimum atomic E-state index is -4.19. The first kappa shape index (κ1) is 15.4. The summed E-state index contributed by atoms with van der Waals surface area (Å²) in [5, 5.41) is 0. The van der Waals surface area contributed by atoms with Crippen LogP contribution in [0, 0.1) is 5.82 Å². The van der Waals surface area contributed by atoms with Crippen molar-refractivity contribution in [1.82, 2.24) is 4.90 Å².